The molecule has 2 rings (SSSR count). The van der Waals surface area contributed by atoms with Crippen LogP contribution < -0.4 is 0 Å². The van der Waals surface area contributed by atoms with E-state index in [1.54, 1.807) is 4.90 Å². The molecule has 1 aliphatic heterocycles. The lowest BCUT2D eigenvalue weighted by Crippen LogP contribution is -2.38. The molecular weight excluding hydrogens is 362 g/mol. The van der Waals surface area contributed by atoms with Crippen molar-refractivity contribution in [2.45, 2.75) is 45.8 Å². The smallest absolute Gasteiger partial charge is 0.266 e. The fraction of sp³-hybridized carbons (Fsp3) is 0.500. The molecule has 146 valence electrons. The second kappa shape index (κ2) is 9.05. The van der Waals surface area contributed by atoms with Gasteiger partial charge in [-0.3, -0.25) is 4.79 Å². The third kappa shape index (κ3) is 5.57. The van der Waals surface area contributed by atoms with Gasteiger partial charge in [-0.25, -0.2) is 8.42 Å². The quantitative estimate of drug-likeness (QED) is 0.528. The minimum atomic E-state index is -3.03. The molecule has 1 unspecified atom stereocenters. The summed E-state index contributed by atoms with van der Waals surface area (Å²) in [5.74, 6) is -0.109. The van der Waals surface area contributed by atoms with Crippen molar-refractivity contribution in [3.8, 4) is 6.07 Å². The molecular formula is C20H27N3O3S. The molecule has 0 radical (unpaired) electrons. The molecule has 0 spiro atoms. The molecule has 27 heavy (non-hydrogen) atoms. The number of sulfone groups is 1. The van der Waals surface area contributed by atoms with Crippen molar-refractivity contribution in [2.24, 2.45) is 0 Å². The van der Waals surface area contributed by atoms with E-state index in [0.717, 1.165) is 5.56 Å². The van der Waals surface area contributed by atoms with Gasteiger partial charge in [0.05, 0.1) is 11.5 Å². The van der Waals surface area contributed by atoms with Crippen molar-refractivity contribution in [3.63, 3.8) is 0 Å². The van der Waals surface area contributed by atoms with Gasteiger partial charge in [0.2, 0.25) is 0 Å². The van der Waals surface area contributed by atoms with Gasteiger partial charge in [0.1, 0.15) is 11.6 Å². The predicted molar refractivity (Wildman–Crippen MR) is 105 cm³/mol. The van der Waals surface area contributed by atoms with Crippen LogP contribution in [0.15, 0.2) is 42.1 Å². The monoisotopic (exact) mass is 389 g/mol. The number of rotatable bonds is 7. The summed E-state index contributed by atoms with van der Waals surface area (Å²) in [5, 5.41) is 9.57. The molecule has 1 atom stereocenters. The Hall–Kier alpha value is -2.33. The lowest BCUT2D eigenvalue weighted by Gasteiger charge is -2.29. The van der Waals surface area contributed by atoms with Gasteiger partial charge in [-0.1, -0.05) is 30.3 Å². The average molecular weight is 390 g/mol. The Balaban J connectivity index is 2.23. The number of hydrogen-bond acceptors (Lipinski definition) is 5. The highest BCUT2D eigenvalue weighted by Crippen LogP contribution is 2.20. The van der Waals surface area contributed by atoms with Gasteiger partial charge < -0.3 is 9.80 Å². The Kier molecular flexibility index (Phi) is 7.03. The van der Waals surface area contributed by atoms with Crippen LogP contribution in [0.4, 0.5) is 0 Å². The van der Waals surface area contributed by atoms with Crippen molar-refractivity contribution in [3.05, 3.63) is 47.7 Å². The summed E-state index contributed by atoms with van der Waals surface area (Å²) in [6.45, 7) is 6.68. The zero-order chi connectivity index (χ0) is 20.0. The van der Waals surface area contributed by atoms with Crippen molar-refractivity contribution >= 4 is 15.7 Å². The molecule has 6 nitrogen and oxygen atoms in total. The Bertz CT molecular complexity index is 826. The number of amides is 1. The minimum Gasteiger partial charge on any atom is -0.372 e. The largest absolute Gasteiger partial charge is 0.372 e. The summed E-state index contributed by atoms with van der Waals surface area (Å²) in [5.41, 5.74) is 1.02. The van der Waals surface area contributed by atoms with E-state index < -0.39 is 9.84 Å². The fourth-order valence-corrected chi connectivity index (χ4v) is 4.96. The topological polar surface area (TPSA) is 81.5 Å². The molecule has 1 amide bonds. The summed E-state index contributed by atoms with van der Waals surface area (Å²) in [4.78, 5) is 16.5. The number of carbonyl (C=O) groups is 1. The lowest BCUT2D eigenvalue weighted by atomic mass is 10.1. The van der Waals surface area contributed by atoms with Gasteiger partial charge in [-0.15, -0.1) is 0 Å². The third-order valence-electron chi connectivity index (χ3n) is 4.77. The van der Waals surface area contributed by atoms with Crippen LogP contribution in [0.1, 0.15) is 32.8 Å². The molecule has 1 fully saturated rings. The van der Waals surface area contributed by atoms with Crippen molar-refractivity contribution in [1.82, 2.24) is 9.80 Å². The molecule has 0 aliphatic carbocycles. The normalized spacial score (nSPS) is 18.9. The zero-order valence-corrected chi connectivity index (χ0v) is 16.9. The molecule has 1 aromatic carbocycles. The van der Waals surface area contributed by atoms with E-state index in [1.807, 2.05) is 62.1 Å². The first kappa shape index (κ1) is 21.0. The lowest BCUT2D eigenvalue weighted by molar-refractivity contribution is -0.129. The van der Waals surface area contributed by atoms with E-state index in [-0.39, 0.29) is 35.1 Å². The maximum Gasteiger partial charge on any atom is 0.266 e. The van der Waals surface area contributed by atoms with Gasteiger partial charge >= 0.3 is 0 Å². The number of nitrogens with zero attached hydrogens (tertiary/aromatic N) is 3. The van der Waals surface area contributed by atoms with Gasteiger partial charge in [0.25, 0.3) is 5.91 Å². The van der Waals surface area contributed by atoms with Crippen LogP contribution in [0, 0.1) is 11.3 Å². The predicted octanol–water partition coefficient (Wildman–Crippen LogP) is 2.34. The highest BCUT2D eigenvalue weighted by atomic mass is 32.2. The first-order chi connectivity index (χ1) is 12.8. The van der Waals surface area contributed by atoms with E-state index in [1.165, 1.54) is 6.20 Å². The van der Waals surface area contributed by atoms with Gasteiger partial charge in [-0.05, 0) is 32.8 Å². The molecule has 7 heteroatoms. The second-order valence-electron chi connectivity index (χ2n) is 7.05. The second-order valence-corrected chi connectivity index (χ2v) is 9.28. The summed E-state index contributed by atoms with van der Waals surface area (Å²) >= 11 is 0. The van der Waals surface area contributed by atoms with Crippen LogP contribution in [0.25, 0.3) is 0 Å². The number of benzene rings is 1. The van der Waals surface area contributed by atoms with Gasteiger partial charge in [-0.2, -0.15) is 5.26 Å². The molecule has 1 aliphatic rings. The number of carbonyl (C=O) groups excluding carboxylic acids is 1. The maximum absolute atomic E-state index is 13.0. The highest BCUT2D eigenvalue weighted by molar-refractivity contribution is 7.91. The molecule has 0 bridgehead atoms. The van der Waals surface area contributed by atoms with E-state index in [9.17, 15) is 18.5 Å². The van der Waals surface area contributed by atoms with Crippen LogP contribution in [-0.4, -0.2) is 54.3 Å². The Morgan fingerprint density at radius 3 is 2.48 bits per heavy atom. The maximum atomic E-state index is 13.0. The Morgan fingerprint density at radius 1 is 1.33 bits per heavy atom. The van der Waals surface area contributed by atoms with Crippen molar-refractivity contribution in [2.75, 3.05) is 18.1 Å². The fourth-order valence-electron chi connectivity index (χ4n) is 3.21. The van der Waals surface area contributed by atoms with E-state index >= 15 is 0 Å². The average Bonchev–Trinajstić information content (AvgIpc) is 3.00. The van der Waals surface area contributed by atoms with Crippen LogP contribution >= 0.6 is 0 Å². The van der Waals surface area contributed by atoms with Crippen molar-refractivity contribution < 1.29 is 13.2 Å². The zero-order valence-electron chi connectivity index (χ0n) is 16.1. The third-order valence-corrected chi connectivity index (χ3v) is 6.52. The Morgan fingerprint density at radius 2 is 2.00 bits per heavy atom. The molecule has 0 aromatic heterocycles. The molecule has 1 aromatic rings. The SMILES string of the molecule is CCN(/C=C(/C#N)C(=O)N(Cc1ccccc1)C(C)C)C1CCS(=O)(=O)C1. The minimum absolute atomic E-state index is 0.0331. The summed E-state index contributed by atoms with van der Waals surface area (Å²) < 4.78 is 23.5. The van der Waals surface area contributed by atoms with Crippen LogP contribution in [-0.2, 0) is 21.2 Å². The van der Waals surface area contributed by atoms with E-state index in [0.29, 0.717) is 19.5 Å². The van der Waals surface area contributed by atoms with Crippen LogP contribution in [0.5, 0.6) is 0 Å². The number of hydrogen-bond donors (Lipinski definition) is 0. The molecule has 0 N–H and O–H groups in total. The summed E-state index contributed by atoms with van der Waals surface area (Å²) in [6.07, 6.45) is 2.06. The van der Waals surface area contributed by atoms with E-state index in [2.05, 4.69) is 0 Å². The summed E-state index contributed by atoms with van der Waals surface area (Å²) in [7, 11) is -3.03. The van der Waals surface area contributed by atoms with Gasteiger partial charge in [0.15, 0.2) is 9.84 Å². The van der Waals surface area contributed by atoms with E-state index in [4.69, 9.17) is 0 Å². The van der Waals surface area contributed by atoms with Gasteiger partial charge in [0, 0.05) is 31.4 Å². The Labute approximate surface area is 162 Å². The number of nitriles is 1. The molecule has 1 heterocycles. The standard InChI is InChI=1S/C20H27N3O3S/c1-4-22(19-10-11-27(25,26)15-19)14-18(12-21)20(24)23(16(2)3)13-17-8-6-5-7-9-17/h5-9,14,16,19H,4,10-11,13,15H2,1-3H3/b18-14-. The van der Waals surface area contributed by atoms with Crippen molar-refractivity contribution in [1.29, 1.82) is 5.26 Å². The van der Waals surface area contributed by atoms with Crippen LogP contribution in [0.3, 0.4) is 0 Å². The van der Waals surface area contributed by atoms with Crippen LogP contribution in [0.2, 0.25) is 0 Å². The highest BCUT2D eigenvalue weighted by Gasteiger charge is 2.31. The first-order valence-corrected chi connectivity index (χ1v) is 11.0. The molecule has 0 saturated carbocycles. The first-order valence-electron chi connectivity index (χ1n) is 9.20. The molecule has 1 saturated heterocycles. The summed E-state index contributed by atoms with van der Waals surface area (Å²) in [6, 6.07) is 11.4.